The van der Waals surface area contributed by atoms with E-state index >= 15 is 0 Å². The van der Waals surface area contributed by atoms with E-state index in [0.717, 1.165) is 0 Å². The number of amides is 2. The second-order valence-corrected chi connectivity index (χ2v) is 3.26. The van der Waals surface area contributed by atoms with Crippen molar-refractivity contribution in [2.45, 2.75) is 13.3 Å². The molecule has 0 aromatic carbocycles. The van der Waals surface area contributed by atoms with Crippen molar-refractivity contribution in [3.05, 3.63) is 24.0 Å². The standard InChI is InChI=1S/C12H13N3O3/c1-2-3-4-7-14-12(18)15-9-6-5-8-13-10(9)11(16)17/h5-6,8H,4,7H2,1H3,(H,16,17)(H2,14,15,18). The van der Waals surface area contributed by atoms with Crippen molar-refractivity contribution < 1.29 is 14.7 Å². The number of pyridine rings is 1. The van der Waals surface area contributed by atoms with Crippen LogP contribution in [0.2, 0.25) is 0 Å². The zero-order chi connectivity index (χ0) is 13.4. The fraction of sp³-hybridized carbons (Fsp3) is 0.250. The third-order valence-electron chi connectivity index (χ3n) is 1.97. The Hall–Kier alpha value is -2.55. The molecule has 0 spiro atoms. The van der Waals surface area contributed by atoms with Crippen LogP contribution in [0, 0.1) is 11.8 Å². The van der Waals surface area contributed by atoms with Crippen LogP contribution < -0.4 is 10.6 Å². The van der Waals surface area contributed by atoms with Gasteiger partial charge in [-0.25, -0.2) is 14.6 Å². The first kappa shape index (κ1) is 13.5. The number of nitrogens with one attached hydrogen (secondary N) is 2. The molecule has 0 fully saturated rings. The normalized spacial score (nSPS) is 8.94. The van der Waals surface area contributed by atoms with Crippen molar-refractivity contribution in [2.24, 2.45) is 0 Å². The van der Waals surface area contributed by atoms with Gasteiger partial charge in [-0.05, 0) is 19.1 Å². The number of aromatic nitrogens is 1. The van der Waals surface area contributed by atoms with Gasteiger partial charge < -0.3 is 15.7 Å². The number of rotatable bonds is 4. The first-order valence-electron chi connectivity index (χ1n) is 5.28. The molecule has 18 heavy (non-hydrogen) atoms. The molecule has 0 bridgehead atoms. The SMILES string of the molecule is CC#CCCNC(=O)Nc1cccnc1C(=O)O. The van der Waals surface area contributed by atoms with Gasteiger partial charge in [-0.15, -0.1) is 11.8 Å². The lowest BCUT2D eigenvalue weighted by molar-refractivity contribution is 0.0692. The Balaban J connectivity index is 2.58. The predicted molar refractivity (Wildman–Crippen MR) is 66.3 cm³/mol. The van der Waals surface area contributed by atoms with Gasteiger partial charge in [-0.2, -0.15) is 0 Å². The van der Waals surface area contributed by atoms with Crippen LogP contribution >= 0.6 is 0 Å². The maximum Gasteiger partial charge on any atom is 0.356 e. The summed E-state index contributed by atoms with van der Waals surface area (Å²) in [7, 11) is 0. The Labute approximate surface area is 104 Å². The van der Waals surface area contributed by atoms with Crippen LogP contribution in [0.15, 0.2) is 18.3 Å². The van der Waals surface area contributed by atoms with E-state index in [2.05, 4.69) is 27.5 Å². The molecular weight excluding hydrogens is 234 g/mol. The second-order valence-electron chi connectivity index (χ2n) is 3.26. The van der Waals surface area contributed by atoms with Crippen molar-refractivity contribution in [1.29, 1.82) is 0 Å². The number of hydrogen-bond donors (Lipinski definition) is 3. The van der Waals surface area contributed by atoms with Gasteiger partial charge in [0.1, 0.15) is 0 Å². The predicted octanol–water partition coefficient (Wildman–Crippen LogP) is 1.31. The molecule has 0 aliphatic heterocycles. The Morgan fingerprint density at radius 1 is 1.50 bits per heavy atom. The molecule has 0 saturated heterocycles. The minimum absolute atomic E-state index is 0.157. The molecule has 6 nitrogen and oxygen atoms in total. The van der Waals surface area contributed by atoms with Gasteiger partial charge in [0.2, 0.25) is 0 Å². The Kier molecular flexibility index (Phi) is 5.19. The molecule has 0 radical (unpaired) electrons. The first-order chi connectivity index (χ1) is 8.65. The van der Waals surface area contributed by atoms with E-state index in [9.17, 15) is 9.59 Å². The minimum Gasteiger partial charge on any atom is -0.476 e. The molecular formula is C12H13N3O3. The summed E-state index contributed by atoms with van der Waals surface area (Å²) < 4.78 is 0. The smallest absolute Gasteiger partial charge is 0.356 e. The molecule has 0 aliphatic rings. The number of nitrogens with zero attached hydrogens (tertiary/aromatic N) is 1. The summed E-state index contributed by atoms with van der Waals surface area (Å²) >= 11 is 0. The van der Waals surface area contributed by atoms with Crippen LogP contribution in [0.1, 0.15) is 23.8 Å². The number of carboxylic acids is 1. The zero-order valence-electron chi connectivity index (χ0n) is 9.86. The number of aromatic carboxylic acids is 1. The molecule has 6 heteroatoms. The van der Waals surface area contributed by atoms with Crippen molar-refractivity contribution in [3.63, 3.8) is 0 Å². The van der Waals surface area contributed by atoms with E-state index in [1.54, 1.807) is 13.0 Å². The monoisotopic (exact) mass is 247 g/mol. The maximum atomic E-state index is 11.5. The van der Waals surface area contributed by atoms with Crippen molar-refractivity contribution >= 4 is 17.7 Å². The molecule has 1 heterocycles. The third-order valence-corrected chi connectivity index (χ3v) is 1.97. The lowest BCUT2D eigenvalue weighted by atomic mass is 10.3. The highest BCUT2D eigenvalue weighted by Crippen LogP contribution is 2.11. The fourth-order valence-corrected chi connectivity index (χ4v) is 1.21. The van der Waals surface area contributed by atoms with Crippen LogP contribution in [0.5, 0.6) is 0 Å². The van der Waals surface area contributed by atoms with Gasteiger partial charge in [0.05, 0.1) is 5.69 Å². The lowest BCUT2D eigenvalue weighted by Crippen LogP contribution is -2.30. The third kappa shape index (κ3) is 4.14. The summed E-state index contributed by atoms with van der Waals surface area (Å²) in [6, 6.07) is 2.54. The van der Waals surface area contributed by atoms with Gasteiger partial charge in [0.15, 0.2) is 5.69 Å². The van der Waals surface area contributed by atoms with Crippen molar-refractivity contribution in [2.75, 3.05) is 11.9 Å². The van der Waals surface area contributed by atoms with Gasteiger partial charge in [-0.3, -0.25) is 0 Å². The number of carboxylic acid groups (broad SMARTS) is 1. The molecule has 3 N–H and O–H groups in total. The Bertz CT molecular complexity index is 503. The molecule has 0 aliphatic carbocycles. The van der Waals surface area contributed by atoms with Gasteiger partial charge >= 0.3 is 12.0 Å². The minimum atomic E-state index is -1.19. The summed E-state index contributed by atoms with van der Waals surface area (Å²) in [6.45, 7) is 2.12. The molecule has 0 saturated carbocycles. The van der Waals surface area contributed by atoms with Crippen LogP contribution in [0.25, 0.3) is 0 Å². The highest BCUT2D eigenvalue weighted by atomic mass is 16.4. The second kappa shape index (κ2) is 6.91. The summed E-state index contributed by atoms with van der Waals surface area (Å²) in [5.41, 5.74) is -0.0370. The fourth-order valence-electron chi connectivity index (χ4n) is 1.21. The van der Waals surface area contributed by atoms with Gasteiger partial charge in [0.25, 0.3) is 0 Å². The molecule has 2 amide bonds. The summed E-state index contributed by atoms with van der Waals surface area (Å²) in [4.78, 5) is 26.0. The van der Waals surface area contributed by atoms with Crippen molar-refractivity contribution in [3.8, 4) is 11.8 Å². The van der Waals surface area contributed by atoms with E-state index in [4.69, 9.17) is 5.11 Å². The largest absolute Gasteiger partial charge is 0.476 e. The highest BCUT2D eigenvalue weighted by Gasteiger charge is 2.12. The van der Waals surface area contributed by atoms with Gasteiger partial charge in [-0.1, -0.05) is 0 Å². The van der Waals surface area contributed by atoms with Crippen LogP contribution in [-0.2, 0) is 0 Å². The molecule has 0 unspecified atom stereocenters. The Morgan fingerprint density at radius 2 is 2.28 bits per heavy atom. The van der Waals surface area contributed by atoms with Crippen LogP contribution in [-0.4, -0.2) is 28.6 Å². The quantitative estimate of drug-likeness (QED) is 0.552. The topological polar surface area (TPSA) is 91.3 Å². The average molecular weight is 247 g/mol. The van der Waals surface area contributed by atoms with Crippen LogP contribution in [0.3, 0.4) is 0 Å². The van der Waals surface area contributed by atoms with Gasteiger partial charge in [0, 0.05) is 19.2 Å². The highest BCUT2D eigenvalue weighted by molar-refractivity contribution is 5.98. The zero-order valence-corrected chi connectivity index (χ0v) is 9.86. The van der Waals surface area contributed by atoms with E-state index in [-0.39, 0.29) is 11.4 Å². The van der Waals surface area contributed by atoms with E-state index < -0.39 is 12.0 Å². The maximum absolute atomic E-state index is 11.5. The summed E-state index contributed by atoms with van der Waals surface area (Å²) in [6.07, 6.45) is 1.89. The molecule has 1 rings (SSSR count). The van der Waals surface area contributed by atoms with E-state index in [0.29, 0.717) is 13.0 Å². The number of anilines is 1. The average Bonchev–Trinajstić information content (AvgIpc) is 2.35. The Morgan fingerprint density at radius 3 is 2.94 bits per heavy atom. The number of urea groups is 1. The van der Waals surface area contributed by atoms with Crippen LogP contribution in [0.4, 0.5) is 10.5 Å². The van der Waals surface area contributed by atoms with E-state index in [1.807, 2.05) is 0 Å². The summed E-state index contributed by atoms with van der Waals surface area (Å²) in [5, 5.41) is 13.9. The van der Waals surface area contributed by atoms with Crippen molar-refractivity contribution in [1.82, 2.24) is 10.3 Å². The number of carbonyl (C=O) groups excluding carboxylic acids is 1. The molecule has 0 atom stereocenters. The molecule has 1 aromatic rings. The van der Waals surface area contributed by atoms with E-state index in [1.165, 1.54) is 12.3 Å². The first-order valence-corrected chi connectivity index (χ1v) is 5.28. The molecule has 94 valence electrons. The number of hydrogen-bond acceptors (Lipinski definition) is 3. The lowest BCUT2D eigenvalue weighted by Gasteiger charge is -2.07. The number of carbonyl (C=O) groups is 2. The summed E-state index contributed by atoms with van der Waals surface area (Å²) in [5.74, 6) is 4.31. The molecule has 1 aromatic heterocycles.